The molecule has 2 heterocycles. The van der Waals surface area contributed by atoms with Gasteiger partial charge in [-0.05, 0) is 50.6 Å². The van der Waals surface area contributed by atoms with Gasteiger partial charge in [0.05, 0.1) is 12.6 Å². The number of aryl methyl sites for hydroxylation is 1. The molecule has 1 aromatic heterocycles. The number of carbonyl (C=O) groups excluding carboxylic acids is 2. The van der Waals surface area contributed by atoms with Crippen molar-refractivity contribution in [2.24, 2.45) is 7.05 Å². The normalized spacial score (nSPS) is 17.8. The van der Waals surface area contributed by atoms with E-state index in [0.717, 1.165) is 19.4 Å². The summed E-state index contributed by atoms with van der Waals surface area (Å²) < 4.78 is 2.12. The van der Waals surface area contributed by atoms with Crippen LogP contribution in [0.3, 0.4) is 0 Å². The van der Waals surface area contributed by atoms with Crippen molar-refractivity contribution < 1.29 is 9.59 Å². The van der Waals surface area contributed by atoms with Crippen LogP contribution in [0.15, 0.2) is 42.6 Å². The second kappa shape index (κ2) is 7.01. The summed E-state index contributed by atoms with van der Waals surface area (Å²) in [6.07, 6.45) is 4.22. The zero-order valence-corrected chi connectivity index (χ0v) is 14.2. The number of nitrogens with zero attached hydrogens (tertiary/aromatic N) is 2. The molecular formula is C19H23N3O2. The van der Waals surface area contributed by atoms with Gasteiger partial charge in [0.15, 0.2) is 5.78 Å². The minimum atomic E-state index is -0.0446. The predicted octanol–water partition coefficient (Wildman–Crippen LogP) is 3.00. The summed E-state index contributed by atoms with van der Waals surface area (Å²) in [5, 5.41) is 2.90. The van der Waals surface area contributed by atoms with Gasteiger partial charge in [-0.2, -0.15) is 0 Å². The van der Waals surface area contributed by atoms with Gasteiger partial charge in [0.25, 0.3) is 0 Å². The van der Waals surface area contributed by atoms with Crippen molar-refractivity contribution in [3.05, 3.63) is 53.9 Å². The number of likely N-dealkylation sites (tertiary alicyclic amines) is 1. The molecule has 0 bridgehead atoms. The fourth-order valence-electron chi connectivity index (χ4n) is 3.37. The minimum absolute atomic E-state index is 0.00517. The average molecular weight is 325 g/mol. The first-order valence-corrected chi connectivity index (χ1v) is 8.31. The smallest absolute Gasteiger partial charge is 0.238 e. The quantitative estimate of drug-likeness (QED) is 0.860. The van der Waals surface area contributed by atoms with E-state index >= 15 is 0 Å². The third-order valence-electron chi connectivity index (χ3n) is 4.59. The van der Waals surface area contributed by atoms with Crippen LogP contribution in [0.1, 0.15) is 41.9 Å². The maximum atomic E-state index is 12.4. The van der Waals surface area contributed by atoms with Crippen LogP contribution in [0.5, 0.6) is 0 Å². The van der Waals surface area contributed by atoms with Crippen molar-refractivity contribution in [3.8, 4) is 0 Å². The second-order valence-electron chi connectivity index (χ2n) is 6.36. The third-order valence-corrected chi connectivity index (χ3v) is 4.59. The Morgan fingerprint density at radius 2 is 2.08 bits per heavy atom. The lowest BCUT2D eigenvalue weighted by Gasteiger charge is -2.24. The Kier molecular flexibility index (Phi) is 4.81. The minimum Gasteiger partial charge on any atom is -0.353 e. The highest BCUT2D eigenvalue weighted by atomic mass is 16.2. The first kappa shape index (κ1) is 16.5. The van der Waals surface area contributed by atoms with Gasteiger partial charge in [0, 0.05) is 30.2 Å². The van der Waals surface area contributed by atoms with E-state index in [9.17, 15) is 9.59 Å². The van der Waals surface area contributed by atoms with Gasteiger partial charge in [0.2, 0.25) is 5.91 Å². The number of benzene rings is 1. The molecule has 0 radical (unpaired) electrons. The predicted molar refractivity (Wildman–Crippen MR) is 94.0 cm³/mol. The maximum Gasteiger partial charge on any atom is 0.238 e. The van der Waals surface area contributed by atoms with Crippen molar-refractivity contribution in [1.82, 2.24) is 9.47 Å². The van der Waals surface area contributed by atoms with Crippen LogP contribution in [0.25, 0.3) is 0 Å². The summed E-state index contributed by atoms with van der Waals surface area (Å²) in [4.78, 5) is 26.1. The van der Waals surface area contributed by atoms with Crippen molar-refractivity contribution >= 4 is 17.4 Å². The largest absolute Gasteiger partial charge is 0.353 e. The van der Waals surface area contributed by atoms with Crippen molar-refractivity contribution in [3.63, 3.8) is 0 Å². The van der Waals surface area contributed by atoms with E-state index in [2.05, 4.69) is 20.9 Å². The molecule has 1 fully saturated rings. The topological polar surface area (TPSA) is 54.3 Å². The highest BCUT2D eigenvalue weighted by molar-refractivity contribution is 5.97. The van der Waals surface area contributed by atoms with Crippen LogP contribution in [0, 0.1) is 0 Å². The molecule has 1 N–H and O–H groups in total. The van der Waals surface area contributed by atoms with Crippen molar-refractivity contribution in [1.29, 1.82) is 0 Å². The zero-order chi connectivity index (χ0) is 17.1. The SMILES string of the molecule is CC(=O)c1cccc(NC(=O)CN2CCC[C@H]2c2cccn2C)c1. The lowest BCUT2D eigenvalue weighted by molar-refractivity contribution is -0.117. The number of nitrogens with one attached hydrogen (secondary N) is 1. The molecule has 1 atom stereocenters. The van der Waals surface area contributed by atoms with Gasteiger partial charge in [0.1, 0.15) is 0 Å². The number of rotatable bonds is 5. The number of amides is 1. The molecule has 1 aromatic carbocycles. The number of hydrogen-bond acceptors (Lipinski definition) is 3. The van der Waals surface area contributed by atoms with E-state index in [-0.39, 0.29) is 11.7 Å². The molecule has 24 heavy (non-hydrogen) atoms. The molecule has 1 aliphatic heterocycles. The Balaban J connectivity index is 1.65. The Labute approximate surface area is 142 Å². The van der Waals surface area contributed by atoms with E-state index in [1.807, 2.05) is 25.4 Å². The molecule has 5 nitrogen and oxygen atoms in total. The Morgan fingerprint density at radius 1 is 1.25 bits per heavy atom. The Hall–Kier alpha value is -2.40. The molecule has 1 aliphatic rings. The van der Waals surface area contributed by atoms with E-state index in [4.69, 9.17) is 0 Å². The van der Waals surface area contributed by atoms with E-state index in [1.54, 1.807) is 18.2 Å². The highest BCUT2D eigenvalue weighted by Gasteiger charge is 2.28. The summed E-state index contributed by atoms with van der Waals surface area (Å²) in [6, 6.07) is 11.5. The van der Waals surface area contributed by atoms with Crippen LogP contribution < -0.4 is 5.32 Å². The van der Waals surface area contributed by atoms with Crippen molar-refractivity contribution in [2.75, 3.05) is 18.4 Å². The fraction of sp³-hybridized carbons (Fsp3) is 0.368. The van der Waals surface area contributed by atoms with Gasteiger partial charge in [-0.25, -0.2) is 0 Å². The Bertz CT molecular complexity index is 751. The molecule has 5 heteroatoms. The standard InChI is InChI=1S/C19H23N3O2/c1-14(23)15-6-3-7-16(12-15)20-19(24)13-22-11-5-9-18(22)17-8-4-10-21(17)2/h3-4,6-8,10,12,18H,5,9,11,13H2,1-2H3,(H,20,24)/t18-/m0/s1. The van der Waals surface area contributed by atoms with Crippen LogP contribution >= 0.6 is 0 Å². The summed E-state index contributed by atoms with van der Waals surface area (Å²) in [5.41, 5.74) is 2.52. The molecular weight excluding hydrogens is 302 g/mol. The molecule has 126 valence electrons. The number of carbonyl (C=O) groups is 2. The van der Waals surface area contributed by atoms with Gasteiger partial charge < -0.3 is 9.88 Å². The number of hydrogen-bond donors (Lipinski definition) is 1. The number of ketones is 1. The maximum absolute atomic E-state index is 12.4. The molecule has 0 spiro atoms. The monoisotopic (exact) mass is 325 g/mol. The molecule has 0 aliphatic carbocycles. The van der Waals surface area contributed by atoms with Gasteiger partial charge in [-0.3, -0.25) is 14.5 Å². The average Bonchev–Trinajstić information content (AvgIpc) is 3.15. The lowest BCUT2D eigenvalue weighted by atomic mass is 10.1. The van der Waals surface area contributed by atoms with Gasteiger partial charge in [-0.15, -0.1) is 0 Å². The molecule has 0 unspecified atom stereocenters. The first-order chi connectivity index (χ1) is 11.5. The number of anilines is 1. The summed E-state index contributed by atoms with van der Waals surface area (Å²) in [7, 11) is 2.04. The van der Waals surface area contributed by atoms with Gasteiger partial charge >= 0.3 is 0 Å². The van der Waals surface area contributed by atoms with E-state index in [0.29, 0.717) is 23.8 Å². The van der Waals surface area contributed by atoms with Crippen LogP contribution in [0.2, 0.25) is 0 Å². The van der Waals surface area contributed by atoms with Crippen LogP contribution in [-0.2, 0) is 11.8 Å². The molecule has 1 amide bonds. The number of aromatic nitrogens is 1. The summed E-state index contributed by atoms with van der Waals surface area (Å²) >= 11 is 0. The summed E-state index contributed by atoms with van der Waals surface area (Å²) in [5.74, 6) is -0.0498. The fourth-order valence-corrected chi connectivity index (χ4v) is 3.37. The first-order valence-electron chi connectivity index (χ1n) is 8.31. The molecule has 0 saturated carbocycles. The second-order valence-corrected chi connectivity index (χ2v) is 6.36. The number of Topliss-reactive ketones (excluding diaryl/α,β-unsaturated/α-hetero) is 1. The van der Waals surface area contributed by atoms with Gasteiger partial charge in [-0.1, -0.05) is 12.1 Å². The molecule has 2 aromatic rings. The van der Waals surface area contributed by atoms with E-state index < -0.39 is 0 Å². The van der Waals surface area contributed by atoms with Crippen LogP contribution in [-0.4, -0.2) is 34.2 Å². The molecule has 1 saturated heterocycles. The zero-order valence-electron chi connectivity index (χ0n) is 14.2. The third kappa shape index (κ3) is 3.57. The van der Waals surface area contributed by atoms with Crippen LogP contribution in [0.4, 0.5) is 5.69 Å². The lowest BCUT2D eigenvalue weighted by Crippen LogP contribution is -2.33. The van der Waals surface area contributed by atoms with E-state index in [1.165, 1.54) is 12.6 Å². The molecule has 3 rings (SSSR count). The highest BCUT2D eigenvalue weighted by Crippen LogP contribution is 2.31. The van der Waals surface area contributed by atoms with Crippen molar-refractivity contribution in [2.45, 2.75) is 25.8 Å². The summed E-state index contributed by atoms with van der Waals surface area (Å²) in [6.45, 7) is 2.81. The Morgan fingerprint density at radius 3 is 2.79 bits per heavy atom.